The summed E-state index contributed by atoms with van der Waals surface area (Å²) >= 11 is 17.9. The van der Waals surface area contributed by atoms with Crippen molar-refractivity contribution in [1.82, 2.24) is 0 Å². The summed E-state index contributed by atoms with van der Waals surface area (Å²) in [5, 5.41) is 11.5. The van der Waals surface area contributed by atoms with Crippen LogP contribution in [0.4, 0.5) is 5.69 Å². The van der Waals surface area contributed by atoms with E-state index in [-0.39, 0.29) is 0 Å². The largest absolute Gasteiger partial charge is 0.398 e. The Hall–Kier alpha value is -0.930. The van der Waals surface area contributed by atoms with Crippen LogP contribution >= 0.6 is 34.8 Å². The first-order valence-electron chi connectivity index (χ1n) is 5.17. The molecule has 0 amide bonds. The monoisotopic (exact) mass is 301 g/mol. The molecule has 0 aliphatic carbocycles. The lowest BCUT2D eigenvalue weighted by molar-refractivity contribution is 0.221. The van der Waals surface area contributed by atoms with Gasteiger partial charge in [-0.2, -0.15) is 0 Å². The molecule has 5 heteroatoms. The third-order valence-electron chi connectivity index (χ3n) is 2.62. The minimum absolute atomic E-state index is 0.311. The smallest absolute Gasteiger partial charge is 0.108 e. The molecule has 0 spiro atoms. The summed E-state index contributed by atoms with van der Waals surface area (Å²) in [6.07, 6.45) is -0.963. The SMILES string of the molecule is Nc1ccc(Cl)cc1[C@H](O)c1cccc(Cl)c1Cl. The van der Waals surface area contributed by atoms with Crippen LogP contribution in [0.3, 0.4) is 0 Å². The predicted molar refractivity (Wildman–Crippen MR) is 76.4 cm³/mol. The zero-order valence-electron chi connectivity index (χ0n) is 9.20. The first kappa shape index (κ1) is 13.5. The van der Waals surface area contributed by atoms with Crippen molar-refractivity contribution in [3.63, 3.8) is 0 Å². The van der Waals surface area contributed by atoms with Crippen LogP contribution in [-0.2, 0) is 0 Å². The molecule has 0 fully saturated rings. The average molecular weight is 303 g/mol. The lowest BCUT2D eigenvalue weighted by Gasteiger charge is -2.16. The summed E-state index contributed by atoms with van der Waals surface area (Å²) in [4.78, 5) is 0. The number of aliphatic hydroxyl groups is 1. The topological polar surface area (TPSA) is 46.2 Å². The van der Waals surface area contributed by atoms with Crippen molar-refractivity contribution in [2.45, 2.75) is 6.10 Å². The van der Waals surface area contributed by atoms with Crippen LogP contribution in [0.2, 0.25) is 15.1 Å². The second-order valence-electron chi connectivity index (χ2n) is 3.82. The number of hydrogen-bond donors (Lipinski definition) is 2. The fraction of sp³-hybridized carbons (Fsp3) is 0.0769. The molecule has 0 aromatic heterocycles. The highest BCUT2D eigenvalue weighted by molar-refractivity contribution is 6.42. The van der Waals surface area contributed by atoms with Crippen LogP contribution in [0.15, 0.2) is 36.4 Å². The van der Waals surface area contributed by atoms with Crippen molar-refractivity contribution in [3.8, 4) is 0 Å². The highest BCUT2D eigenvalue weighted by Gasteiger charge is 2.18. The molecule has 2 aromatic carbocycles. The van der Waals surface area contributed by atoms with Gasteiger partial charge in [-0.05, 0) is 24.3 Å². The number of halogens is 3. The standard InChI is InChI=1S/C13H10Cl3NO/c14-7-4-5-11(17)9(6-7)13(18)8-2-1-3-10(15)12(8)16/h1-6,13,18H,17H2/t13-/m1/s1. The van der Waals surface area contributed by atoms with Crippen LogP contribution < -0.4 is 5.73 Å². The Kier molecular flexibility index (Phi) is 4.03. The Morgan fingerprint density at radius 3 is 2.44 bits per heavy atom. The fourth-order valence-corrected chi connectivity index (χ4v) is 2.27. The lowest BCUT2D eigenvalue weighted by atomic mass is 10.00. The Labute approximate surface area is 120 Å². The van der Waals surface area contributed by atoms with Gasteiger partial charge in [-0.3, -0.25) is 0 Å². The first-order valence-corrected chi connectivity index (χ1v) is 6.31. The van der Waals surface area contributed by atoms with Crippen molar-refractivity contribution in [3.05, 3.63) is 62.6 Å². The number of rotatable bonds is 2. The van der Waals surface area contributed by atoms with Gasteiger partial charge in [-0.15, -0.1) is 0 Å². The van der Waals surface area contributed by atoms with E-state index in [4.69, 9.17) is 40.5 Å². The van der Waals surface area contributed by atoms with Crippen molar-refractivity contribution < 1.29 is 5.11 Å². The maximum absolute atomic E-state index is 10.3. The van der Waals surface area contributed by atoms with Gasteiger partial charge in [0.2, 0.25) is 0 Å². The number of hydrogen-bond acceptors (Lipinski definition) is 2. The second-order valence-corrected chi connectivity index (χ2v) is 5.04. The summed E-state index contributed by atoms with van der Waals surface area (Å²) in [6.45, 7) is 0. The van der Waals surface area contributed by atoms with Crippen molar-refractivity contribution in [2.75, 3.05) is 5.73 Å². The normalized spacial score (nSPS) is 12.4. The molecule has 0 aliphatic rings. The quantitative estimate of drug-likeness (QED) is 0.812. The summed E-state index contributed by atoms with van der Waals surface area (Å²) in [6, 6.07) is 9.97. The first-order chi connectivity index (χ1) is 8.50. The molecule has 1 atom stereocenters. The molecule has 2 aromatic rings. The van der Waals surface area contributed by atoms with Crippen LogP contribution in [-0.4, -0.2) is 5.11 Å². The van der Waals surface area contributed by atoms with E-state index < -0.39 is 6.10 Å². The van der Waals surface area contributed by atoms with Crippen LogP contribution in [0.25, 0.3) is 0 Å². The van der Waals surface area contributed by atoms with Crippen molar-refractivity contribution in [1.29, 1.82) is 0 Å². The Balaban J connectivity index is 2.51. The molecule has 0 aliphatic heterocycles. The molecule has 94 valence electrons. The highest BCUT2D eigenvalue weighted by atomic mass is 35.5. The Morgan fingerprint density at radius 2 is 1.72 bits per heavy atom. The molecule has 0 radical (unpaired) electrons. The summed E-state index contributed by atoms with van der Waals surface area (Å²) < 4.78 is 0. The number of anilines is 1. The second kappa shape index (κ2) is 5.37. The molecular weight excluding hydrogens is 293 g/mol. The predicted octanol–water partition coefficient (Wildman–Crippen LogP) is 4.31. The van der Waals surface area contributed by atoms with Gasteiger partial charge in [-0.1, -0.05) is 46.9 Å². The van der Waals surface area contributed by atoms with Crippen LogP contribution in [0.1, 0.15) is 17.2 Å². The minimum Gasteiger partial charge on any atom is -0.398 e. The molecular formula is C13H10Cl3NO. The highest BCUT2D eigenvalue weighted by Crippen LogP contribution is 2.35. The molecule has 0 unspecified atom stereocenters. The van der Waals surface area contributed by atoms with Crippen LogP contribution in [0, 0.1) is 0 Å². The maximum Gasteiger partial charge on any atom is 0.108 e. The third kappa shape index (κ3) is 2.57. The van der Waals surface area contributed by atoms with E-state index in [0.717, 1.165) is 0 Å². The molecule has 18 heavy (non-hydrogen) atoms. The molecule has 0 heterocycles. The van der Waals surface area contributed by atoms with Crippen molar-refractivity contribution >= 4 is 40.5 Å². The van der Waals surface area contributed by atoms with Gasteiger partial charge in [0.25, 0.3) is 0 Å². The van der Waals surface area contributed by atoms with Crippen molar-refractivity contribution in [2.24, 2.45) is 0 Å². The molecule has 2 rings (SSSR count). The van der Waals surface area contributed by atoms with Gasteiger partial charge >= 0.3 is 0 Å². The Morgan fingerprint density at radius 1 is 1.00 bits per heavy atom. The minimum atomic E-state index is -0.963. The molecule has 0 saturated heterocycles. The average Bonchev–Trinajstić information content (AvgIpc) is 2.35. The molecule has 2 nitrogen and oxygen atoms in total. The number of nitrogens with two attached hydrogens (primary N) is 1. The molecule has 0 bridgehead atoms. The lowest BCUT2D eigenvalue weighted by Crippen LogP contribution is -2.04. The van der Waals surface area contributed by atoms with E-state index in [1.807, 2.05) is 0 Å². The number of benzene rings is 2. The van der Waals surface area contributed by atoms with Gasteiger partial charge in [-0.25, -0.2) is 0 Å². The third-order valence-corrected chi connectivity index (χ3v) is 3.69. The van der Waals surface area contributed by atoms with E-state index >= 15 is 0 Å². The number of nitrogen functional groups attached to an aromatic ring is 1. The zero-order chi connectivity index (χ0) is 13.3. The van der Waals surface area contributed by atoms with Gasteiger partial charge < -0.3 is 10.8 Å². The van der Waals surface area contributed by atoms with E-state index in [9.17, 15) is 5.11 Å². The molecule has 0 saturated carbocycles. The fourth-order valence-electron chi connectivity index (χ4n) is 1.68. The van der Waals surface area contributed by atoms with E-state index in [1.165, 1.54) is 0 Å². The molecule has 3 N–H and O–H groups in total. The van der Waals surface area contributed by atoms with Gasteiger partial charge in [0, 0.05) is 21.8 Å². The van der Waals surface area contributed by atoms with E-state index in [2.05, 4.69) is 0 Å². The zero-order valence-corrected chi connectivity index (χ0v) is 11.5. The van der Waals surface area contributed by atoms with Crippen LogP contribution in [0.5, 0.6) is 0 Å². The summed E-state index contributed by atoms with van der Waals surface area (Å²) in [7, 11) is 0. The maximum atomic E-state index is 10.3. The van der Waals surface area contributed by atoms with Gasteiger partial charge in [0.05, 0.1) is 10.0 Å². The van der Waals surface area contributed by atoms with E-state index in [1.54, 1.807) is 36.4 Å². The van der Waals surface area contributed by atoms with Gasteiger partial charge in [0.1, 0.15) is 6.10 Å². The van der Waals surface area contributed by atoms with Gasteiger partial charge in [0.15, 0.2) is 0 Å². The number of aliphatic hydroxyl groups excluding tert-OH is 1. The van der Waals surface area contributed by atoms with E-state index in [0.29, 0.717) is 31.9 Å². The Bertz CT molecular complexity index is 584. The summed E-state index contributed by atoms with van der Waals surface area (Å²) in [5.74, 6) is 0. The summed E-state index contributed by atoms with van der Waals surface area (Å²) in [5.41, 5.74) is 7.27.